The molecule has 1 aliphatic rings. The monoisotopic (exact) mass is 274 g/mol. The van der Waals surface area contributed by atoms with Gasteiger partial charge in [0.15, 0.2) is 0 Å². The highest BCUT2D eigenvalue weighted by molar-refractivity contribution is 6.62. The molecule has 0 amide bonds. The van der Waals surface area contributed by atoms with Gasteiger partial charge in [0.05, 0.1) is 28.6 Å². The first-order valence-electron chi connectivity index (χ1n) is 6.62. The van der Waals surface area contributed by atoms with Crippen LogP contribution in [0.25, 0.3) is 0 Å². The third-order valence-corrected chi connectivity index (χ3v) is 4.03. The van der Waals surface area contributed by atoms with Gasteiger partial charge >= 0.3 is 7.12 Å². The lowest BCUT2D eigenvalue weighted by molar-refractivity contribution is 0.00578. The Balaban J connectivity index is 2.46. The summed E-state index contributed by atoms with van der Waals surface area (Å²) >= 11 is 0. The fourth-order valence-corrected chi connectivity index (χ4v) is 2.10. The zero-order valence-electron chi connectivity index (χ0n) is 12.5. The summed E-state index contributed by atoms with van der Waals surface area (Å²) in [7, 11) is -0.629. The van der Waals surface area contributed by atoms with Crippen LogP contribution in [0.15, 0.2) is 12.3 Å². The molecular weight excluding hydrogens is 255 g/mol. The number of hydrogen-bond donors (Lipinski definition) is 1. The lowest BCUT2D eigenvalue weighted by atomic mass is 9.76. The maximum Gasteiger partial charge on any atom is 0.496 e. The van der Waals surface area contributed by atoms with Crippen molar-refractivity contribution < 1.29 is 14.4 Å². The molecule has 1 unspecified atom stereocenters. The molecule has 1 aromatic rings. The summed E-state index contributed by atoms with van der Waals surface area (Å²) in [6, 6.07) is 3.80. The molecule has 2 rings (SSSR count). The van der Waals surface area contributed by atoms with Gasteiger partial charge < -0.3 is 14.4 Å². The van der Waals surface area contributed by atoms with Crippen LogP contribution in [-0.2, 0) is 9.31 Å². The number of nitriles is 1. The second kappa shape index (κ2) is 4.85. The molecule has 20 heavy (non-hydrogen) atoms. The van der Waals surface area contributed by atoms with E-state index in [0.717, 1.165) is 0 Å². The minimum absolute atomic E-state index is 0.320. The van der Waals surface area contributed by atoms with Gasteiger partial charge in [0.1, 0.15) is 6.07 Å². The highest BCUT2D eigenvalue weighted by atomic mass is 16.7. The molecule has 2 heterocycles. The summed E-state index contributed by atoms with van der Waals surface area (Å²) in [4.78, 5) is 4.07. The maximum atomic E-state index is 9.71. The molecule has 1 aliphatic heterocycles. The Kier molecular flexibility index (Phi) is 3.63. The van der Waals surface area contributed by atoms with Gasteiger partial charge in [0.2, 0.25) is 0 Å². The van der Waals surface area contributed by atoms with E-state index < -0.39 is 24.4 Å². The molecule has 0 bridgehead atoms. The highest BCUT2D eigenvalue weighted by Crippen LogP contribution is 2.36. The molecule has 106 valence electrons. The number of aromatic nitrogens is 1. The van der Waals surface area contributed by atoms with E-state index in [1.54, 1.807) is 19.2 Å². The second-order valence-corrected chi connectivity index (χ2v) is 6.04. The summed E-state index contributed by atoms with van der Waals surface area (Å²) in [5, 5.41) is 19.1. The van der Waals surface area contributed by atoms with Crippen molar-refractivity contribution in [3.63, 3.8) is 0 Å². The molecular formula is C14H19BN2O3. The molecule has 1 atom stereocenters. The molecule has 0 spiro atoms. The number of nitrogens with zero attached hydrogens (tertiary/aromatic N) is 2. The minimum Gasteiger partial charge on any atom is -0.399 e. The van der Waals surface area contributed by atoms with Crippen molar-refractivity contribution >= 4 is 12.6 Å². The number of rotatable bonds is 2. The van der Waals surface area contributed by atoms with Crippen molar-refractivity contribution in [3.05, 3.63) is 23.5 Å². The van der Waals surface area contributed by atoms with E-state index >= 15 is 0 Å². The van der Waals surface area contributed by atoms with Gasteiger partial charge in [-0.05, 0) is 40.7 Å². The third kappa shape index (κ3) is 2.33. The maximum absolute atomic E-state index is 9.71. The average molecular weight is 274 g/mol. The second-order valence-electron chi connectivity index (χ2n) is 6.04. The molecule has 1 aromatic heterocycles. The Labute approximate surface area is 119 Å². The molecule has 1 saturated heterocycles. The average Bonchev–Trinajstić information content (AvgIpc) is 2.57. The normalized spacial score (nSPS) is 21.6. The van der Waals surface area contributed by atoms with Crippen LogP contribution in [0, 0.1) is 11.3 Å². The Morgan fingerprint density at radius 1 is 1.30 bits per heavy atom. The van der Waals surface area contributed by atoms with Crippen molar-refractivity contribution in [2.24, 2.45) is 0 Å². The summed E-state index contributed by atoms with van der Waals surface area (Å²) in [5.41, 5.74) is 0.329. The van der Waals surface area contributed by atoms with Crippen LogP contribution in [0.5, 0.6) is 0 Å². The van der Waals surface area contributed by atoms with E-state index in [0.29, 0.717) is 16.7 Å². The van der Waals surface area contributed by atoms with E-state index in [1.165, 1.54) is 0 Å². The summed E-state index contributed by atoms with van der Waals surface area (Å²) in [6.45, 7) is 9.40. The zero-order valence-corrected chi connectivity index (χ0v) is 12.5. The Hall–Kier alpha value is -1.42. The molecule has 6 heteroatoms. The van der Waals surface area contributed by atoms with Crippen molar-refractivity contribution in [3.8, 4) is 6.07 Å². The topological polar surface area (TPSA) is 75.4 Å². The fourth-order valence-electron chi connectivity index (χ4n) is 2.10. The largest absolute Gasteiger partial charge is 0.496 e. The third-order valence-electron chi connectivity index (χ3n) is 4.03. The van der Waals surface area contributed by atoms with Crippen LogP contribution >= 0.6 is 0 Å². The van der Waals surface area contributed by atoms with Crippen LogP contribution in [-0.4, -0.2) is 28.4 Å². The van der Waals surface area contributed by atoms with Crippen molar-refractivity contribution in [1.29, 1.82) is 5.26 Å². The first kappa shape index (κ1) is 15.0. The number of aliphatic hydroxyl groups excluding tert-OH is 1. The lowest BCUT2D eigenvalue weighted by Crippen LogP contribution is -2.41. The molecule has 0 radical (unpaired) electrons. The van der Waals surface area contributed by atoms with Crippen LogP contribution in [0.2, 0.25) is 0 Å². The number of aliphatic hydroxyl groups is 1. The van der Waals surface area contributed by atoms with E-state index in [9.17, 15) is 10.4 Å². The first-order valence-corrected chi connectivity index (χ1v) is 6.62. The first-order chi connectivity index (χ1) is 9.19. The Bertz CT molecular complexity index is 548. The summed E-state index contributed by atoms with van der Waals surface area (Å²) < 4.78 is 11.9. The molecule has 1 fully saturated rings. The zero-order chi connectivity index (χ0) is 15.1. The van der Waals surface area contributed by atoms with E-state index in [2.05, 4.69) is 11.1 Å². The number of pyridine rings is 1. The summed E-state index contributed by atoms with van der Waals surface area (Å²) in [5.74, 6) is 0. The van der Waals surface area contributed by atoms with Gasteiger partial charge in [0.25, 0.3) is 0 Å². The standard InChI is InChI=1S/C14H19BN2O3/c1-9(18)12-10(8-16)11(6-7-17-12)15-19-13(2,3)14(4,5)20-15/h6-7,9,18H,1-5H3. The Morgan fingerprint density at radius 2 is 1.85 bits per heavy atom. The van der Waals surface area contributed by atoms with Crippen LogP contribution in [0.3, 0.4) is 0 Å². The van der Waals surface area contributed by atoms with Gasteiger partial charge in [-0.1, -0.05) is 0 Å². The van der Waals surface area contributed by atoms with Gasteiger partial charge in [0, 0.05) is 11.7 Å². The van der Waals surface area contributed by atoms with Gasteiger partial charge in [-0.3, -0.25) is 4.98 Å². The van der Waals surface area contributed by atoms with Crippen LogP contribution in [0.4, 0.5) is 0 Å². The number of hydrogen-bond acceptors (Lipinski definition) is 5. The van der Waals surface area contributed by atoms with Gasteiger partial charge in [-0.2, -0.15) is 5.26 Å². The lowest BCUT2D eigenvalue weighted by Gasteiger charge is -2.32. The smallest absolute Gasteiger partial charge is 0.399 e. The molecule has 0 saturated carbocycles. The fraction of sp³-hybridized carbons (Fsp3) is 0.571. The van der Waals surface area contributed by atoms with Gasteiger partial charge in [-0.25, -0.2) is 0 Å². The minimum atomic E-state index is -0.813. The van der Waals surface area contributed by atoms with Crippen LogP contribution in [0.1, 0.15) is 52.0 Å². The molecule has 1 N–H and O–H groups in total. The van der Waals surface area contributed by atoms with E-state index in [4.69, 9.17) is 9.31 Å². The van der Waals surface area contributed by atoms with Crippen molar-refractivity contribution in [1.82, 2.24) is 4.98 Å². The van der Waals surface area contributed by atoms with Crippen molar-refractivity contribution in [2.75, 3.05) is 0 Å². The molecule has 5 nitrogen and oxygen atoms in total. The van der Waals surface area contributed by atoms with Gasteiger partial charge in [-0.15, -0.1) is 0 Å². The van der Waals surface area contributed by atoms with E-state index in [-0.39, 0.29) is 0 Å². The Morgan fingerprint density at radius 3 is 2.30 bits per heavy atom. The van der Waals surface area contributed by atoms with Crippen LogP contribution < -0.4 is 5.46 Å². The molecule has 0 aliphatic carbocycles. The quantitative estimate of drug-likeness (QED) is 0.823. The predicted molar refractivity (Wildman–Crippen MR) is 75.3 cm³/mol. The summed E-state index contributed by atoms with van der Waals surface area (Å²) in [6.07, 6.45) is 0.746. The van der Waals surface area contributed by atoms with Crippen molar-refractivity contribution in [2.45, 2.75) is 51.9 Å². The highest BCUT2D eigenvalue weighted by Gasteiger charge is 2.52. The molecule has 0 aromatic carbocycles. The van der Waals surface area contributed by atoms with E-state index in [1.807, 2.05) is 27.7 Å². The predicted octanol–water partition coefficient (Wildman–Crippen LogP) is 1.31. The SMILES string of the molecule is CC(O)c1nccc(B2OC(C)(C)C(C)(C)O2)c1C#N.